The van der Waals surface area contributed by atoms with Crippen molar-refractivity contribution in [2.24, 2.45) is 0 Å². The molecule has 0 fully saturated rings. The third kappa shape index (κ3) is 5.12. The summed E-state index contributed by atoms with van der Waals surface area (Å²) in [6, 6.07) is 18.4. The van der Waals surface area contributed by atoms with Gasteiger partial charge in [0, 0.05) is 22.5 Å². The van der Waals surface area contributed by atoms with Crippen molar-refractivity contribution in [2.75, 3.05) is 17.1 Å². The standard InChI is InChI=1S/C27H26N2O5S/c1-27(2,3)19-9-11-20(12-10-19)29-35(32,33)21-13-14-24-22(16-21)23(25(30)28-24)15-17-5-7-18(8-6-17)26(31)34-4/h5-16,29H,1-4H3,(H,28,30). The molecule has 1 aliphatic heterocycles. The van der Waals surface area contributed by atoms with Crippen molar-refractivity contribution < 1.29 is 22.7 Å². The Kier molecular flexibility index (Phi) is 6.25. The highest BCUT2D eigenvalue weighted by molar-refractivity contribution is 7.92. The summed E-state index contributed by atoms with van der Waals surface area (Å²) in [4.78, 5) is 24.3. The molecule has 0 saturated carbocycles. The van der Waals surface area contributed by atoms with Crippen molar-refractivity contribution in [1.82, 2.24) is 0 Å². The van der Waals surface area contributed by atoms with Crippen molar-refractivity contribution in [3.8, 4) is 0 Å². The Morgan fingerprint density at radius 1 is 0.971 bits per heavy atom. The fourth-order valence-electron chi connectivity index (χ4n) is 3.73. The average molecular weight is 491 g/mol. The van der Waals surface area contributed by atoms with Crippen LogP contribution in [0.25, 0.3) is 11.6 Å². The summed E-state index contributed by atoms with van der Waals surface area (Å²) in [5.41, 5.74) is 3.92. The summed E-state index contributed by atoms with van der Waals surface area (Å²) < 4.78 is 33.5. The molecule has 1 amide bonds. The zero-order chi connectivity index (χ0) is 25.4. The predicted molar refractivity (Wildman–Crippen MR) is 137 cm³/mol. The molecular formula is C27H26N2O5S. The van der Waals surface area contributed by atoms with Crippen LogP contribution in [0.4, 0.5) is 11.4 Å². The Morgan fingerprint density at radius 3 is 2.23 bits per heavy atom. The van der Waals surface area contributed by atoms with Crippen LogP contribution in [0, 0.1) is 0 Å². The van der Waals surface area contributed by atoms with Crippen LogP contribution in [0.3, 0.4) is 0 Å². The van der Waals surface area contributed by atoms with Crippen LogP contribution in [0.5, 0.6) is 0 Å². The average Bonchev–Trinajstić information content (AvgIpc) is 3.12. The van der Waals surface area contributed by atoms with Gasteiger partial charge in [-0.2, -0.15) is 0 Å². The zero-order valence-electron chi connectivity index (χ0n) is 19.9. The molecule has 1 aliphatic rings. The Labute approximate surface area is 204 Å². The number of sulfonamides is 1. The lowest BCUT2D eigenvalue weighted by Crippen LogP contribution is -2.14. The minimum absolute atomic E-state index is 0.0413. The number of hydrogen-bond acceptors (Lipinski definition) is 5. The van der Waals surface area contributed by atoms with Gasteiger partial charge in [0.25, 0.3) is 15.9 Å². The lowest BCUT2D eigenvalue weighted by atomic mass is 9.87. The first-order valence-electron chi connectivity index (χ1n) is 11.0. The summed E-state index contributed by atoms with van der Waals surface area (Å²) in [7, 11) is -2.58. The van der Waals surface area contributed by atoms with Gasteiger partial charge in [-0.05, 0) is 65.1 Å². The number of carbonyl (C=O) groups excluding carboxylic acids is 2. The van der Waals surface area contributed by atoms with Gasteiger partial charge >= 0.3 is 5.97 Å². The van der Waals surface area contributed by atoms with Gasteiger partial charge in [0.05, 0.1) is 17.6 Å². The molecule has 0 unspecified atom stereocenters. The molecule has 3 aromatic carbocycles. The molecule has 7 nitrogen and oxygen atoms in total. The van der Waals surface area contributed by atoms with Gasteiger partial charge in [0.1, 0.15) is 0 Å². The van der Waals surface area contributed by atoms with E-state index in [2.05, 4.69) is 30.8 Å². The van der Waals surface area contributed by atoms with Crippen molar-refractivity contribution in [3.63, 3.8) is 0 Å². The Balaban J connectivity index is 1.63. The number of rotatable bonds is 5. The van der Waals surface area contributed by atoms with E-state index in [9.17, 15) is 18.0 Å². The van der Waals surface area contributed by atoms with Crippen molar-refractivity contribution in [2.45, 2.75) is 31.1 Å². The van der Waals surface area contributed by atoms with Crippen LogP contribution in [0.15, 0.2) is 71.6 Å². The van der Waals surface area contributed by atoms with Gasteiger partial charge < -0.3 is 10.1 Å². The van der Waals surface area contributed by atoms with Gasteiger partial charge in [0.15, 0.2) is 0 Å². The quantitative estimate of drug-likeness (QED) is 0.384. The molecule has 4 rings (SSSR count). The molecule has 1 heterocycles. The smallest absolute Gasteiger partial charge is 0.337 e. The number of fused-ring (bicyclic) bond motifs is 1. The zero-order valence-corrected chi connectivity index (χ0v) is 20.7. The Bertz CT molecular complexity index is 1430. The van der Waals surface area contributed by atoms with E-state index in [0.29, 0.717) is 33.6 Å². The summed E-state index contributed by atoms with van der Waals surface area (Å²) in [5.74, 6) is -0.791. The molecule has 3 aromatic rings. The van der Waals surface area contributed by atoms with Crippen LogP contribution >= 0.6 is 0 Å². The van der Waals surface area contributed by atoms with Gasteiger partial charge in [-0.1, -0.05) is 45.0 Å². The molecule has 0 aromatic heterocycles. The summed E-state index contributed by atoms with van der Waals surface area (Å²) in [6.45, 7) is 6.26. The number of amides is 1. The highest BCUT2D eigenvalue weighted by Crippen LogP contribution is 2.35. The molecule has 0 saturated heterocycles. The Hall–Kier alpha value is -3.91. The number of ether oxygens (including phenoxy) is 1. The monoisotopic (exact) mass is 490 g/mol. The van der Waals surface area contributed by atoms with Crippen LogP contribution in [0.1, 0.15) is 47.8 Å². The second-order valence-electron chi connectivity index (χ2n) is 9.27. The first-order chi connectivity index (χ1) is 16.5. The normalized spacial score (nSPS) is 14.4. The molecule has 0 radical (unpaired) electrons. The molecule has 35 heavy (non-hydrogen) atoms. The first kappa shape index (κ1) is 24.2. The summed E-state index contributed by atoms with van der Waals surface area (Å²) in [5, 5.41) is 2.76. The lowest BCUT2D eigenvalue weighted by Gasteiger charge is -2.19. The molecule has 2 N–H and O–H groups in total. The number of methoxy groups -OCH3 is 1. The maximum atomic E-state index is 13.1. The molecule has 0 atom stereocenters. The summed E-state index contributed by atoms with van der Waals surface area (Å²) in [6.07, 6.45) is 1.65. The second kappa shape index (κ2) is 9.03. The van der Waals surface area contributed by atoms with E-state index < -0.39 is 16.0 Å². The SMILES string of the molecule is COC(=O)c1ccc(C=C2C(=O)Nc3ccc(S(=O)(=O)Nc4ccc(C(C)(C)C)cc4)cc32)cc1. The first-order valence-corrected chi connectivity index (χ1v) is 12.5. The molecule has 0 bridgehead atoms. The van der Waals surface area contributed by atoms with Crippen LogP contribution in [0.2, 0.25) is 0 Å². The van der Waals surface area contributed by atoms with Crippen LogP contribution in [-0.2, 0) is 25.0 Å². The van der Waals surface area contributed by atoms with E-state index in [1.807, 2.05) is 12.1 Å². The molecule has 0 spiro atoms. The van der Waals surface area contributed by atoms with Crippen molar-refractivity contribution in [1.29, 1.82) is 0 Å². The van der Waals surface area contributed by atoms with E-state index in [0.717, 1.165) is 5.56 Å². The van der Waals surface area contributed by atoms with Crippen molar-refractivity contribution in [3.05, 3.63) is 89.0 Å². The number of esters is 1. The largest absolute Gasteiger partial charge is 0.465 e. The highest BCUT2D eigenvalue weighted by Gasteiger charge is 2.27. The molecule has 8 heteroatoms. The maximum Gasteiger partial charge on any atom is 0.337 e. The second-order valence-corrected chi connectivity index (χ2v) is 10.9. The van der Waals surface area contributed by atoms with Gasteiger partial charge in [-0.3, -0.25) is 9.52 Å². The highest BCUT2D eigenvalue weighted by atomic mass is 32.2. The molecule has 0 aliphatic carbocycles. The summed E-state index contributed by atoms with van der Waals surface area (Å²) >= 11 is 0. The number of carbonyl (C=O) groups is 2. The van der Waals surface area contributed by atoms with Gasteiger partial charge in [-0.15, -0.1) is 0 Å². The minimum atomic E-state index is -3.88. The van der Waals surface area contributed by atoms with Crippen molar-refractivity contribution >= 4 is 44.9 Å². The molecule has 180 valence electrons. The van der Waals surface area contributed by atoms with E-state index in [-0.39, 0.29) is 16.2 Å². The third-order valence-corrected chi connectivity index (χ3v) is 7.11. The number of nitrogens with one attached hydrogen (secondary N) is 2. The fraction of sp³-hybridized carbons (Fsp3) is 0.185. The van der Waals surface area contributed by atoms with E-state index in [1.165, 1.54) is 19.2 Å². The number of anilines is 2. The number of benzene rings is 3. The van der Waals surface area contributed by atoms with Crippen LogP contribution in [-0.4, -0.2) is 27.4 Å². The van der Waals surface area contributed by atoms with E-state index in [4.69, 9.17) is 4.74 Å². The minimum Gasteiger partial charge on any atom is -0.465 e. The topological polar surface area (TPSA) is 102 Å². The molecular weight excluding hydrogens is 464 g/mol. The predicted octanol–water partition coefficient (Wildman–Crippen LogP) is 5.06. The third-order valence-electron chi connectivity index (χ3n) is 5.73. The van der Waals surface area contributed by atoms with Gasteiger partial charge in [0.2, 0.25) is 0 Å². The van der Waals surface area contributed by atoms with E-state index in [1.54, 1.807) is 48.5 Å². The maximum absolute atomic E-state index is 13.1. The Morgan fingerprint density at radius 2 is 1.63 bits per heavy atom. The lowest BCUT2D eigenvalue weighted by molar-refractivity contribution is -0.110. The van der Waals surface area contributed by atoms with Gasteiger partial charge in [-0.25, -0.2) is 13.2 Å². The fourth-order valence-corrected chi connectivity index (χ4v) is 4.81. The van der Waals surface area contributed by atoms with Crippen LogP contribution < -0.4 is 10.0 Å². The van der Waals surface area contributed by atoms with E-state index >= 15 is 0 Å². The number of hydrogen-bond donors (Lipinski definition) is 2.